The SMILES string of the molecule is O=C(O)CCc1ccc(Nc2nc(-c3ccc(OC4CCCC4)c(Br)c3)cs2)cc1. The molecule has 0 radical (unpaired) electrons. The fraction of sp³-hybridized carbons (Fsp3) is 0.304. The van der Waals surface area contributed by atoms with Crippen LogP contribution in [0.2, 0.25) is 0 Å². The molecule has 1 aromatic heterocycles. The quantitative estimate of drug-likeness (QED) is 0.372. The van der Waals surface area contributed by atoms with E-state index in [0.717, 1.165) is 50.7 Å². The average molecular weight is 487 g/mol. The Kier molecular flexibility index (Phi) is 6.69. The fourth-order valence-corrected chi connectivity index (χ4v) is 4.75. The lowest BCUT2D eigenvalue weighted by Crippen LogP contribution is -2.11. The zero-order valence-corrected chi connectivity index (χ0v) is 18.8. The lowest BCUT2D eigenvalue weighted by Gasteiger charge is -2.14. The Labute approximate surface area is 188 Å². The number of carboxylic acids is 1. The highest BCUT2D eigenvalue weighted by molar-refractivity contribution is 9.10. The fourth-order valence-electron chi connectivity index (χ4n) is 3.53. The van der Waals surface area contributed by atoms with Crippen molar-refractivity contribution in [2.75, 3.05) is 5.32 Å². The van der Waals surface area contributed by atoms with Gasteiger partial charge in [-0.1, -0.05) is 12.1 Å². The number of carboxylic acid groups (broad SMARTS) is 1. The Hall–Kier alpha value is -2.38. The van der Waals surface area contributed by atoms with Crippen molar-refractivity contribution in [3.05, 3.63) is 57.9 Å². The molecule has 7 heteroatoms. The van der Waals surface area contributed by atoms with E-state index in [1.54, 1.807) is 11.3 Å². The van der Waals surface area contributed by atoms with Crippen LogP contribution >= 0.6 is 27.3 Å². The van der Waals surface area contributed by atoms with Crippen molar-refractivity contribution in [1.82, 2.24) is 4.98 Å². The lowest BCUT2D eigenvalue weighted by molar-refractivity contribution is -0.136. The molecule has 0 saturated heterocycles. The topological polar surface area (TPSA) is 71.5 Å². The number of aromatic nitrogens is 1. The summed E-state index contributed by atoms with van der Waals surface area (Å²) in [4.78, 5) is 15.4. The predicted molar refractivity (Wildman–Crippen MR) is 124 cm³/mol. The van der Waals surface area contributed by atoms with Crippen LogP contribution in [0.3, 0.4) is 0 Å². The number of anilines is 2. The van der Waals surface area contributed by atoms with Crippen molar-refractivity contribution in [2.24, 2.45) is 0 Å². The van der Waals surface area contributed by atoms with Crippen molar-refractivity contribution in [3.8, 4) is 17.0 Å². The van der Waals surface area contributed by atoms with E-state index in [9.17, 15) is 4.79 Å². The van der Waals surface area contributed by atoms with Gasteiger partial charge in [-0.05, 0) is 83.9 Å². The Balaban J connectivity index is 1.40. The number of hydrogen-bond donors (Lipinski definition) is 2. The summed E-state index contributed by atoms with van der Waals surface area (Å²) in [7, 11) is 0. The maximum absolute atomic E-state index is 10.7. The molecule has 1 fully saturated rings. The molecule has 0 spiro atoms. The van der Waals surface area contributed by atoms with Gasteiger partial charge in [0.15, 0.2) is 5.13 Å². The molecule has 5 nitrogen and oxygen atoms in total. The number of halogens is 1. The summed E-state index contributed by atoms with van der Waals surface area (Å²) in [6.45, 7) is 0. The Morgan fingerprint density at radius 1 is 1.20 bits per heavy atom. The molecule has 3 aromatic rings. The summed E-state index contributed by atoms with van der Waals surface area (Å²) in [5, 5.41) is 14.9. The first-order valence-electron chi connectivity index (χ1n) is 10.1. The van der Waals surface area contributed by atoms with Crippen LogP contribution in [-0.2, 0) is 11.2 Å². The smallest absolute Gasteiger partial charge is 0.303 e. The van der Waals surface area contributed by atoms with E-state index in [4.69, 9.17) is 14.8 Å². The number of aliphatic carboxylic acids is 1. The van der Waals surface area contributed by atoms with Gasteiger partial charge in [0, 0.05) is 23.1 Å². The highest BCUT2D eigenvalue weighted by Gasteiger charge is 2.18. The van der Waals surface area contributed by atoms with Gasteiger partial charge in [-0.2, -0.15) is 0 Å². The van der Waals surface area contributed by atoms with Gasteiger partial charge < -0.3 is 15.2 Å². The van der Waals surface area contributed by atoms with Gasteiger partial charge in [0.1, 0.15) is 5.75 Å². The minimum Gasteiger partial charge on any atom is -0.489 e. The maximum atomic E-state index is 10.7. The van der Waals surface area contributed by atoms with Crippen LogP contribution < -0.4 is 10.1 Å². The molecule has 156 valence electrons. The zero-order chi connectivity index (χ0) is 20.9. The molecular weight excluding hydrogens is 464 g/mol. The first kappa shape index (κ1) is 20.9. The van der Waals surface area contributed by atoms with E-state index < -0.39 is 5.97 Å². The number of aryl methyl sites for hydroxylation is 1. The first-order chi connectivity index (χ1) is 14.6. The van der Waals surface area contributed by atoms with Gasteiger partial charge in [-0.3, -0.25) is 4.79 Å². The number of benzene rings is 2. The van der Waals surface area contributed by atoms with Crippen molar-refractivity contribution in [3.63, 3.8) is 0 Å². The standard InChI is InChI=1S/C23H23BrN2O3S/c24-19-13-16(8-11-21(19)29-18-3-1-2-4-18)20-14-30-23(26-20)25-17-9-5-15(6-10-17)7-12-22(27)28/h5-6,8-11,13-14,18H,1-4,7,12H2,(H,25,26)(H,27,28). The van der Waals surface area contributed by atoms with Crippen LogP contribution in [0.5, 0.6) is 5.75 Å². The monoisotopic (exact) mass is 486 g/mol. The molecule has 0 aliphatic heterocycles. The third-order valence-corrected chi connectivity index (χ3v) is 6.54. The van der Waals surface area contributed by atoms with E-state index in [0.29, 0.717) is 12.5 Å². The van der Waals surface area contributed by atoms with Crippen LogP contribution in [0.15, 0.2) is 52.3 Å². The molecule has 2 aromatic carbocycles. The number of thiazole rings is 1. The van der Waals surface area contributed by atoms with Crippen LogP contribution in [0, 0.1) is 0 Å². The summed E-state index contributed by atoms with van der Waals surface area (Å²) in [6.07, 6.45) is 5.78. The van der Waals surface area contributed by atoms with E-state index in [1.807, 2.05) is 41.8 Å². The number of rotatable bonds is 8. The van der Waals surface area contributed by atoms with Gasteiger partial charge in [-0.15, -0.1) is 11.3 Å². The zero-order valence-electron chi connectivity index (χ0n) is 16.4. The minimum absolute atomic E-state index is 0.142. The second kappa shape index (κ2) is 9.62. The Morgan fingerprint density at radius 2 is 1.97 bits per heavy atom. The summed E-state index contributed by atoms with van der Waals surface area (Å²) in [5.74, 6) is 0.111. The molecule has 0 bridgehead atoms. The lowest BCUT2D eigenvalue weighted by atomic mass is 10.1. The number of hydrogen-bond acceptors (Lipinski definition) is 5. The third kappa shape index (κ3) is 5.40. The van der Waals surface area contributed by atoms with Crippen LogP contribution in [-0.4, -0.2) is 22.2 Å². The van der Waals surface area contributed by atoms with E-state index in [2.05, 4.69) is 27.3 Å². The Bertz CT molecular complexity index is 1010. The van der Waals surface area contributed by atoms with Crippen molar-refractivity contribution >= 4 is 44.1 Å². The third-order valence-electron chi connectivity index (χ3n) is 5.16. The van der Waals surface area contributed by atoms with Crippen LogP contribution in [0.4, 0.5) is 10.8 Å². The molecule has 0 atom stereocenters. The second-order valence-electron chi connectivity index (χ2n) is 7.42. The molecule has 0 unspecified atom stereocenters. The molecule has 1 heterocycles. The predicted octanol–water partition coefficient (Wildman–Crippen LogP) is 6.65. The first-order valence-corrected chi connectivity index (χ1v) is 11.7. The van der Waals surface area contributed by atoms with Crippen LogP contribution in [0.1, 0.15) is 37.7 Å². The highest BCUT2D eigenvalue weighted by Crippen LogP contribution is 2.35. The normalized spacial score (nSPS) is 14.0. The largest absolute Gasteiger partial charge is 0.489 e. The van der Waals surface area contributed by atoms with Crippen molar-refractivity contribution < 1.29 is 14.6 Å². The van der Waals surface area contributed by atoms with E-state index in [-0.39, 0.29) is 6.42 Å². The molecule has 1 aliphatic rings. The molecule has 1 saturated carbocycles. The van der Waals surface area contributed by atoms with Gasteiger partial charge >= 0.3 is 5.97 Å². The van der Waals surface area contributed by atoms with Gasteiger partial charge in [-0.25, -0.2) is 4.98 Å². The van der Waals surface area contributed by atoms with Gasteiger partial charge in [0.25, 0.3) is 0 Å². The van der Waals surface area contributed by atoms with Gasteiger partial charge in [0.05, 0.1) is 16.3 Å². The highest BCUT2D eigenvalue weighted by atomic mass is 79.9. The number of nitrogens with one attached hydrogen (secondary N) is 1. The number of ether oxygens (including phenoxy) is 1. The molecule has 1 aliphatic carbocycles. The second-order valence-corrected chi connectivity index (χ2v) is 9.14. The summed E-state index contributed by atoms with van der Waals surface area (Å²) in [6, 6.07) is 13.9. The van der Waals surface area contributed by atoms with Gasteiger partial charge in [0.2, 0.25) is 0 Å². The maximum Gasteiger partial charge on any atom is 0.303 e. The molecule has 30 heavy (non-hydrogen) atoms. The molecule has 0 amide bonds. The number of carbonyl (C=O) groups is 1. The summed E-state index contributed by atoms with van der Waals surface area (Å²) in [5.41, 5.74) is 3.88. The number of nitrogens with zero attached hydrogens (tertiary/aromatic N) is 1. The summed E-state index contributed by atoms with van der Waals surface area (Å²) >= 11 is 5.19. The minimum atomic E-state index is -0.780. The van der Waals surface area contributed by atoms with Crippen molar-refractivity contribution in [2.45, 2.75) is 44.6 Å². The molecular formula is C23H23BrN2O3S. The molecule has 2 N–H and O–H groups in total. The van der Waals surface area contributed by atoms with Crippen LogP contribution in [0.25, 0.3) is 11.3 Å². The van der Waals surface area contributed by atoms with Crippen molar-refractivity contribution in [1.29, 1.82) is 0 Å². The molecule has 4 rings (SSSR count). The summed E-state index contributed by atoms with van der Waals surface area (Å²) < 4.78 is 7.06. The Morgan fingerprint density at radius 3 is 2.67 bits per heavy atom. The van der Waals surface area contributed by atoms with E-state index >= 15 is 0 Å². The van der Waals surface area contributed by atoms with E-state index in [1.165, 1.54) is 12.8 Å². The average Bonchev–Trinajstić information content (AvgIpc) is 3.41.